The van der Waals surface area contributed by atoms with Gasteiger partial charge >= 0.3 is 0 Å². The van der Waals surface area contributed by atoms with Crippen molar-refractivity contribution >= 4 is 5.91 Å². The summed E-state index contributed by atoms with van der Waals surface area (Å²) in [6.07, 6.45) is 0.813. The average molecular weight is 385 g/mol. The second kappa shape index (κ2) is 9.85. The Morgan fingerprint density at radius 2 is 1.17 bits per heavy atom. The molecule has 0 radical (unpaired) electrons. The third kappa shape index (κ3) is 4.82. The van der Waals surface area contributed by atoms with Crippen LogP contribution in [0.1, 0.15) is 30.0 Å². The van der Waals surface area contributed by atoms with Gasteiger partial charge in [0.1, 0.15) is 0 Å². The van der Waals surface area contributed by atoms with E-state index in [1.807, 2.05) is 18.2 Å². The summed E-state index contributed by atoms with van der Waals surface area (Å²) < 4.78 is 0. The number of amides is 1. The van der Waals surface area contributed by atoms with E-state index in [0.29, 0.717) is 12.1 Å². The zero-order chi connectivity index (χ0) is 20.5. The lowest BCUT2D eigenvalue weighted by Gasteiger charge is -2.37. The van der Waals surface area contributed by atoms with Gasteiger partial charge in [-0.1, -0.05) is 97.6 Å². The summed E-state index contributed by atoms with van der Waals surface area (Å²) in [6.45, 7) is 6.76. The summed E-state index contributed by atoms with van der Waals surface area (Å²) in [5.74, 6) is -0.0922. The molecule has 0 spiro atoms. The third-order valence-electron chi connectivity index (χ3n) is 5.04. The number of hydrogen-bond donors (Lipinski definition) is 2. The van der Waals surface area contributed by atoms with Crippen molar-refractivity contribution in [3.8, 4) is 0 Å². The first-order valence-corrected chi connectivity index (χ1v) is 10.00. The minimum Gasteiger partial charge on any atom is -0.352 e. The van der Waals surface area contributed by atoms with E-state index < -0.39 is 5.54 Å². The first kappa shape index (κ1) is 20.6. The van der Waals surface area contributed by atoms with E-state index in [1.54, 1.807) is 6.92 Å². The summed E-state index contributed by atoms with van der Waals surface area (Å²) in [6, 6.07) is 31.5. The normalized spacial score (nSPS) is 11.1. The van der Waals surface area contributed by atoms with Crippen molar-refractivity contribution in [1.29, 1.82) is 0 Å². The molecule has 0 aromatic heterocycles. The number of hydrogen-bond acceptors (Lipinski definition) is 2. The Labute approximate surface area is 173 Å². The van der Waals surface area contributed by atoms with Crippen molar-refractivity contribution in [1.82, 2.24) is 10.6 Å². The number of nitrogens with one attached hydrogen (secondary N) is 2. The number of carbonyl (C=O) groups excluding carboxylic acids is 1. The molecular formula is C26H28N2O. The van der Waals surface area contributed by atoms with E-state index in [1.165, 1.54) is 16.7 Å². The summed E-state index contributed by atoms with van der Waals surface area (Å²) in [4.78, 5) is 11.7. The van der Waals surface area contributed by atoms with Crippen LogP contribution in [0.5, 0.6) is 0 Å². The van der Waals surface area contributed by atoms with E-state index in [-0.39, 0.29) is 5.91 Å². The van der Waals surface area contributed by atoms with Crippen molar-refractivity contribution in [3.05, 3.63) is 120 Å². The summed E-state index contributed by atoms with van der Waals surface area (Å²) in [5.41, 5.74) is 3.61. The highest BCUT2D eigenvalue weighted by Crippen LogP contribution is 2.36. The Morgan fingerprint density at radius 3 is 1.55 bits per heavy atom. The zero-order valence-electron chi connectivity index (χ0n) is 16.9. The third-order valence-corrected chi connectivity index (χ3v) is 5.04. The molecule has 1 amide bonds. The molecule has 0 aliphatic rings. The van der Waals surface area contributed by atoms with Gasteiger partial charge in [-0.2, -0.15) is 0 Å². The molecule has 3 nitrogen and oxygen atoms in total. The molecule has 0 fully saturated rings. The van der Waals surface area contributed by atoms with E-state index in [0.717, 1.165) is 13.0 Å². The summed E-state index contributed by atoms with van der Waals surface area (Å²) >= 11 is 0. The maximum atomic E-state index is 11.7. The van der Waals surface area contributed by atoms with Crippen molar-refractivity contribution in [2.45, 2.75) is 18.9 Å². The predicted octanol–water partition coefficient (Wildman–Crippen LogP) is 4.65. The van der Waals surface area contributed by atoms with Crippen molar-refractivity contribution in [2.75, 3.05) is 13.1 Å². The summed E-state index contributed by atoms with van der Waals surface area (Å²) in [7, 11) is 0. The van der Waals surface area contributed by atoms with E-state index in [4.69, 9.17) is 0 Å². The molecule has 0 aliphatic carbocycles. The smallest absolute Gasteiger partial charge is 0.246 e. The van der Waals surface area contributed by atoms with Crippen molar-refractivity contribution in [2.24, 2.45) is 0 Å². The van der Waals surface area contributed by atoms with Crippen LogP contribution in [0.15, 0.2) is 103 Å². The van der Waals surface area contributed by atoms with Gasteiger partial charge < -0.3 is 5.32 Å². The molecular weight excluding hydrogens is 356 g/mol. The molecule has 3 rings (SSSR count). The Hall–Kier alpha value is -3.17. The lowest BCUT2D eigenvalue weighted by Crippen LogP contribution is -2.45. The van der Waals surface area contributed by atoms with Gasteiger partial charge in [0.25, 0.3) is 0 Å². The molecule has 0 aliphatic heterocycles. The number of rotatable bonds is 9. The standard InChI is InChI=1S/C26H28N2O/c1-21(2)25(29)27-19-12-20-28-26(22-13-6-3-7-14-22,23-15-8-4-9-16-23)24-17-10-5-11-18-24/h3-11,13-18,28H,1,12,19-20H2,2H3,(H,27,29). The number of benzene rings is 3. The second-order valence-electron chi connectivity index (χ2n) is 7.16. The van der Waals surface area contributed by atoms with Crippen molar-refractivity contribution < 1.29 is 4.79 Å². The Kier molecular flexibility index (Phi) is 6.99. The largest absolute Gasteiger partial charge is 0.352 e. The van der Waals surface area contributed by atoms with Crippen LogP contribution in [0.4, 0.5) is 0 Å². The van der Waals surface area contributed by atoms with Crippen LogP contribution < -0.4 is 10.6 Å². The van der Waals surface area contributed by atoms with Crippen LogP contribution in [0.2, 0.25) is 0 Å². The van der Waals surface area contributed by atoms with Crippen LogP contribution >= 0.6 is 0 Å². The number of carbonyl (C=O) groups is 1. The monoisotopic (exact) mass is 384 g/mol. The van der Waals surface area contributed by atoms with Crippen LogP contribution in [-0.4, -0.2) is 19.0 Å². The highest BCUT2D eigenvalue weighted by Gasteiger charge is 2.35. The van der Waals surface area contributed by atoms with Gasteiger partial charge in [0, 0.05) is 12.1 Å². The van der Waals surface area contributed by atoms with Gasteiger partial charge in [-0.05, 0) is 36.6 Å². The van der Waals surface area contributed by atoms with Gasteiger partial charge in [-0.25, -0.2) is 0 Å². The Balaban J connectivity index is 1.93. The van der Waals surface area contributed by atoms with E-state index in [9.17, 15) is 4.79 Å². The summed E-state index contributed by atoms with van der Waals surface area (Å²) in [5, 5.41) is 6.72. The van der Waals surface area contributed by atoms with Crippen molar-refractivity contribution in [3.63, 3.8) is 0 Å². The first-order valence-electron chi connectivity index (χ1n) is 10.00. The average Bonchev–Trinajstić information content (AvgIpc) is 2.78. The van der Waals surface area contributed by atoms with Crippen LogP contribution in [0.25, 0.3) is 0 Å². The minimum absolute atomic E-state index is 0.0922. The predicted molar refractivity (Wildman–Crippen MR) is 120 cm³/mol. The SMILES string of the molecule is C=C(C)C(=O)NCCCNC(c1ccccc1)(c1ccccc1)c1ccccc1. The topological polar surface area (TPSA) is 41.1 Å². The highest BCUT2D eigenvalue weighted by atomic mass is 16.1. The fourth-order valence-electron chi connectivity index (χ4n) is 3.59. The zero-order valence-corrected chi connectivity index (χ0v) is 16.9. The molecule has 0 unspecified atom stereocenters. The van der Waals surface area contributed by atoms with Gasteiger partial charge in [0.15, 0.2) is 0 Å². The van der Waals surface area contributed by atoms with Crippen LogP contribution in [0.3, 0.4) is 0 Å². The molecule has 29 heavy (non-hydrogen) atoms. The highest BCUT2D eigenvalue weighted by molar-refractivity contribution is 5.92. The lowest BCUT2D eigenvalue weighted by atomic mass is 9.77. The second-order valence-corrected chi connectivity index (χ2v) is 7.16. The van der Waals surface area contributed by atoms with Gasteiger partial charge in [0.2, 0.25) is 5.91 Å². The Morgan fingerprint density at radius 1 is 0.759 bits per heavy atom. The molecule has 148 valence electrons. The Bertz CT molecular complexity index is 824. The minimum atomic E-state index is -0.470. The quantitative estimate of drug-likeness (QED) is 0.320. The molecule has 3 heteroatoms. The maximum absolute atomic E-state index is 11.7. The first-order chi connectivity index (χ1) is 14.1. The molecule has 0 atom stereocenters. The molecule has 2 N–H and O–H groups in total. The molecule has 3 aromatic rings. The molecule has 0 bridgehead atoms. The molecule has 0 saturated carbocycles. The van der Waals surface area contributed by atoms with E-state index in [2.05, 4.69) is 90.0 Å². The van der Waals surface area contributed by atoms with Crippen LogP contribution in [0, 0.1) is 0 Å². The molecule has 3 aromatic carbocycles. The fraction of sp³-hybridized carbons (Fsp3) is 0.192. The maximum Gasteiger partial charge on any atom is 0.246 e. The molecule has 0 saturated heterocycles. The van der Waals surface area contributed by atoms with Crippen LogP contribution in [-0.2, 0) is 10.3 Å². The van der Waals surface area contributed by atoms with Gasteiger partial charge in [0.05, 0.1) is 5.54 Å². The van der Waals surface area contributed by atoms with E-state index >= 15 is 0 Å². The van der Waals surface area contributed by atoms with Gasteiger partial charge in [-0.15, -0.1) is 0 Å². The fourth-order valence-corrected chi connectivity index (χ4v) is 3.59. The molecule has 0 heterocycles. The van der Waals surface area contributed by atoms with Gasteiger partial charge in [-0.3, -0.25) is 10.1 Å². The lowest BCUT2D eigenvalue weighted by molar-refractivity contribution is -0.117.